The molecule has 0 saturated carbocycles. The van der Waals surface area contributed by atoms with Gasteiger partial charge in [-0.05, 0) is 44.0 Å². The van der Waals surface area contributed by atoms with Crippen molar-refractivity contribution in [1.82, 2.24) is 9.38 Å². The lowest BCUT2D eigenvalue weighted by atomic mass is 10.3. The van der Waals surface area contributed by atoms with Crippen molar-refractivity contribution in [1.29, 1.82) is 0 Å². The number of thiazole rings is 1. The molecule has 0 fully saturated rings. The van der Waals surface area contributed by atoms with E-state index in [1.165, 1.54) is 0 Å². The highest BCUT2D eigenvalue weighted by Crippen LogP contribution is 2.30. The lowest BCUT2D eigenvalue weighted by molar-refractivity contribution is 1.07. The molecule has 3 rings (SSSR count). The summed E-state index contributed by atoms with van der Waals surface area (Å²) in [5.41, 5.74) is 2.08. The molecule has 0 bridgehead atoms. The quantitative estimate of drug-likeness (QED) is 0.716. The second-order valence-corrected chi connectivity index (χ2v) is 6.36. The molecule has 3 aromatic rings. The third kappa shape index (κ3) is 2.32. The predicted molar refractivity (Wildman–Crippen MR) is 82.2 cm³/mol. The number of rotatable bonds is 3. The number of para-hydroxylation sites is 1. The molecule has 0 saturated heterocycles. The maximum Gasteiger partial charge on any atom is 0.193 e. The normalized spacial score (nSPS) is 11.0. The molecule has 0 spiro atoms. The first-order valence-electron chi connectivity index (χ1n) is 5.33. The number of anilines is 1. The first kappa shape index (κ1) is 12.2. The summed E-state index contributed by atoms with van der Waals surface area (Å²) in [6.07, 6.45) is 4.06. The minimum Gasteiger partial charge on any atom is -0.377 e. The fourth-order valence-electron chi connectivity index (χ4n) is 1.71. The molecule has 0 unspecified atom stereocenters. The van der Waals surface area contributed by atoms with Gasteiger partial charge in [0.25, 0.3) is 0 Å². The van der Waals surface area contributed by atoms with Crippen molar-refractivity contribution in [2.24, 2.45) is 0 Å². The number of hydrogen-bond acceptors (Lipinski definition) is 3. The Morgan fingerprint density at radius 2 is 2.06 bits per heavy atom. The van der Waals surface area contributed by atoms with Gasteiger partial charge in [0.1, 0.15) is 0 Å². The van der Waals surface area contributed by atoms with Gasteiger partial charge in [-0.25, -0.2) is 4.98 Å². The molecule has 1 aromatic carbocycles. The Balaban J connectivity index is 1.80. The fraction of sp³-hybridized carbons (Fsp3) is 0.0833. The van der Waals surface area contributed by atoms with Crippen LogP contribution >= 0.6 is 43.2 Å². The summed E-state index contributed by atoms with van der Waals surface area (Å²) >= 11 is 8.71. The van der Waals surface area contributed by atoms with Crippen LogP contribution in [0.3, 0.4) is 0 Å². The van der Waals surface area contributed by atoms with Crippen LogP contribution in [0.5, 0.6) is 0 Å². The number of nitrogens with one attached hydrogen (secondary N) is 1. The molecule has 18 heavy (non-hydrogen) atoms. The Morgan fingerprint density at radius 3 is 2.78 bits per heavy atom. The Hall–Kier alpha value is -0.850. The smallest absolute Gasteiger partial charge is 0.193 e. The number of benzene rings is 1. The van der Waals surface area contributed by atoms with Crippen LogP contribution < -0.4 is 5.32 Å². The summed E-state index contributed by atoms with van der Waals surface area (Å²) in [5.74, 6) is 0. The molecular weight excluding hydrogens is 378 g/mol. The molecular formula is C12H9Br2N3S. The molecule has 6 heteroatoms. The number of halogens is 2. The van der Waals surface area contributed by atoms with Gasteiger partial charge in [-0.1, -0.05) is 6.07 Å². The summed E-state index contributed by atoms with van der Waals surface area (Å²) in [6.45, 7) is 0.704. The number of aromatic nitrogens is 2. The van der Waals surface area contributed by atoms with Crippen molar-refractivity contribution in [3.05, 3.63) is 50.6 Å². The third-order valence-electron chi connectivity index (χ3n) is 2.55. The van der Waals surface area contributed by atoms with Gasteiger partial charge in [0.2, 0.25) is 0 Å². The predicted octanol–water partition coefficient (Wildman–Crippen LogP) is 4.53. The van der Waals surface area contributed by atoms with Gasteiger partial charge in [-0.15, -0.1) is 11.3 Å². The van der Waals surface area contributed by atoms with Crippen LogP contribution in [0.1, 0.15) is 5.69 Å². The zero-order valence-corrected chi connectivity index (χ0v) is 13.2. The van der Waals surface area contributed by atoms with Crippen LogP contribution in [0.15, 0.2) is 44.9 Å². The lowest BCUT2D eigenvalue weighted by Crippen LogP contribution is -2.01. The van der Waals surface area contributed by atoms with E-state index in [1.807, 2.05) is 40.4 Å². The molecule has 2 heterocycles. The van der Waals surface area contributed by atoms with E-state index >= 15 is 0 Å². The Kier molecular flexibility index (Phi) is 3.41. The summed E-state index contributed by atoms with van der Waals surface area (Å²) in [5, 5.41) is 5.41. The van der Waals surface area contributed by atoms with Crippen LogP contribution in [0, 0.1) is 0 Å². The van der Waals surface area contributed by atoms with Crippen molar-refractivity contribution in [2.75, 3.05) is 5.32 Å². The van der Waals surface area contributed by atoms with Gasteiger partial charge in [0.05, 0.1) is 17.9 Å². The van der Waals surface area contributed by atoms with E-state index in [1.54, 1.807) is 11.3 Å². The van der Waals surface area contributed by atoms with E-state index in [-0.39, 0.29) is 0 Å². The fourth-order valence-corrected chi connectivity index (χ4v) is 3.70. The number of fused-ring (bicyclic) bond motifs is 1. The highest BCUT2D eigenvalue weighted by atomic mass is 79.9. The van der Waals surface area contributed by atoms with E-state index < -0.39 is 0 Å². The zero-order valence-electron chi connectivity index (χ0n) is 9.23. The second-order valence-electron chi connectivity index (χ2n) is 3.78. The largest absolute Gasteiger partial charge is 0.377 e. The first-order chi connectivity index (χ1) is 8.74. The highest BCUT2D eigenvalue weighted by Gasteiger charge is 2.06. The van der Waals surface area contributed by atoms with Gasteiger partial charge < -0.3 is 5.32 Å². The average Bonchev–Trinajstić information content (AvgIpc) is 2.88. The zero-order chi connectivity index (χ0) is 12.5. The van der Waals surface area contributed by atoms with Crippen LogP contribution in [0.25, 0.3) is 4.96 Å². The van der Waals surface area contributed by atoms with Crippen LogP contribution in [-0.2, 0) is 6.54 Å². The van der Waals surface area contributed by atoms with Gasteiger partial charge in [0, 0.05) is 26.7 Å². The topological polar surface area (TPSA) is 29.3 Å². The Labute approximate surface area is 125 Å². The van der Waals surface area contributed by atoms with Gasteiger partial charge >= 0.3 is 0 Å². The molecule has 0 amide bonds. The van der Waals surface area contributed by atoms with Crippen molar-refractivity contribution >= 4 is 53.8 Å². The van der Waals surface area contributed by atoms with Gasteiger partial charge in [-0.3, -0.25) is 4.40 Å². The first-order valence-corrected chi connectivity index (χ1v) is 7.79. The van der Waals surface area contributed by atoms with Crippen molar-refractivity contribution < 1.29 is 0 Å². The Bertz CT molecular complexity index is 641. The van der Waals surface area contributed by atoms with Crippen LogP contribution in [0.2, 0.25) is 0 Å². The van der Waals surface area contributed by atoms with E-state index in [4.69, 9.17) is 0 Å². The maximum atomic E-state index is 4.54. The Morgan fingerprint density at radius 1 is 1.28 bits per heavy atom. The molecule has 0 aliphatic rings. The maximum absolute atomic E-state index is 4.54. The minimum atomic E-state index is 0.704. The standard InChI is InChI=1S/C12H9Br2N3S/c13-9-2-1-3-10(14)11(9)15-6-8-7-17-4-5-18-12(17)16-8/h1-5,7,15H,6H2. The number of nitrogens with zero attached hydrogens (tertiary/aromatic N) is 2. The number of imidazole rings is 1. The van der Waals surface area contributed by atoms with Crippen molar-refractivity contribution in [2.45, 2.75) is 6.54 Å². The molecule has 1 N–H and O–H groups in total. The van der Waals surface area contributed by atoms with Crippen molar-refractivity contribution in [3.63, 3.8) is 0 Å². The number of hydrogen-bond donors (Lipinski definition) is 1. The summed E-state index contributed by atoms with van der Waals surface area (Å²) in [6, 6.07) is 6.02. The molecule has 0 aliphatic heterocycles. The monoisotopic (exact) mass is 385 g/mol. The van der Waals surface area contributed by atoms with E-state index in [0.29, 0.717) is 6.54 Å². The lowest BCUT2D eigenvalue weighted by Gasteiger charge is -2.08. The van der Waals surface area contributed by atoms with E-state index in [9.17, 15) is 0 Å². The van der Waals surface area contributed by atoms with E-state index in [0.717, 1.165) is 25.3 Å². The molecule has 0 aliphatic carbocycles. The summed E-state index contributed by atoms with van der Waals surface area (Å²) < 4.78 is 4.12. The molecule has 2 aromatic heterocycles. The summed E-state index contributed by atoms with van der Waals surface area (Å²) in [7, 11) is 0. The molecule has 3 nitrogen and oxygen atoms in total. The van der Waals surface area contributed by atoms with Gasteiger partial charge in [0.15, 0.2) is 4.96 Å². The van der Waals surface area contributed by atoms with Crippen LogP contribution in [0.4, 0.5) is 5.69 Å². The molecule has 0 radical (unpaired) electrons. The van der Waals surface area contributed by atoms with Crippen LogP contribution in [-0.4, -0.2) is 9.38 Å². The SMILES string of the molecule is Brc1cccc(Br)c1NCc1cn2ccsc2n1. The highest BCUT2D eigenvalue weighted by molar-refractivity contribution is 9.11. The molecule has 0 atom stereocenters. The third-order valence-corrected chi connectivity index (χ3v) is 4.64. The average molecular weight is 387 g/mol. The van der Waals surface area contributed by atoms with E-state index in [2.05, 4.69) is 42.2 Å². The second kappa shape index (κ2) is 5.03. The molecule has 92 valence electrons. The van der Waals surface area contributed by atoms with Gasteiger partial charge in [-0.2, -0.15) is 0 Å². The minimum absolute atomic E-state index is 0.704. The summed E-state index contributed by atoms with van der Waals surface area (Å²) in [4.78, 5) is 5.56. The van der Waals surface area contributed by atoms with Crippen molar-refractivity contribution in [3.8, 4) is 0 Å².